The number of aliphatic hydroxyl groups is 1. The van der Waals surface area contributed by atoms with E-state index in [-0.39, 0.29) is 5.13 Å². The molecule has 1 nitrogen and oxygen atoms in total. The van der Waals surface area contributed by atoms with E-state index in [9.17, 15) is 4.39 Å². The van der Waals surface area contributed by atoms with Crippen LogP contribution in [0.3, 0.4) is 0 Å². The third kappa shape index (κ3) is 1.50. The Hall–Kier alpha value is -0.410. The lowest BCUT2D eigenvalue weighted by molar-refractivity contribution is 0.203. The summed E-state index contributed by atoms with van der Waals surface area (Å²) in [7, 11) is 0. The molecule has 0 aliphatic heterocycles. The van der Waals surface area contributed by atoms with Gasteiger partial charge < -0.3 is 5.11 Å². The van der Waals surface area contributed by atoms with Gasteiger partial charge in [0.2, 0.25) is 0 Å². The maximum Gasteiger partial charge on any atom is 0.176 e. The molecule has 1 N–H and O–H groups in total. The van der Waals surface area contributed by atoms with Gasteiger partial charge in [-0.05, 0) is 19.1 Å². The van der Waals surface area contributed by atoms with Crippen molar-refractivity contribution in [3.8, 4) is 0 Å². The molecule has 1 aromatic heterocycles. The molecule has 0 amide bonds. The summed E-state index contributed by atoms with van der Waals surface area (Å²) in [6.07, 6.45) is -0.542. The highest BCUT2D eigenvalue weighted by atomic mass is 32.1. The molecular weight excluding hydrogens is 139 g/mol. The minimum absolute atomic E-state index is 0.245. The van der Waals surface area contributed by atoms with Crippen molar-refractivity contribution in [2.75, 3.05) is 0 Å². The van der Waals surface area contributed by atoms with E-state index in [0.29, 0.717) is 4.88 Å². The highest BCUT2D eigenvalue weighted by Crippen LogP contribution is 2.20. The van der Waals surface area contributed by atoms with E-state index in [2.05, 4.69) is 0 Å². The number of halogens is 1. The summed E-state index contributed by atoms with van der Waals surface area (Å²) in [5, 5.41) is 8.64. The maximum absolute atomic E-state index is 12.2. The van der Waals surface area contributed by atoms with E-state index in [1.807, 2.05) is 0 Å². The highest BCUT2D eigenvalue weighted by Gasteiger charge is 2.02. The van der Waals surface area contributed by atoms with Crippen molar-refractivity contribution in [2.45, 2.75) is 13.0 Å². The maximum atomic E-state index is 12.2. The minimum atomic E-state index is -0.542. The molecule has 1 heterocycles. The second-order valence-corrected chi connectivity index (χ2v) is 2.88. The predicted octanol–water partition coefficient (Wildman–Crippen LogP) is 1.94. The summed E-state index contributed by atoms with van der Waals surface area (Å²) < 4.78 is 12.2. The van der Waals surface area contributed by atoms with Crippen LogP contribution in [0.2, 0.25) is 0 Å². The van der Waals surface area contributed by atoms with E-state index in [0.717, 1.165) is 11.3 Å². The topological polar surface area (TPSA) is 20.2 Å². The Kier molecular flexibility index (Phi) is 1.83. The van der Waals surface area contributed by atoms with Crippen LogP contribution in [-0.4, -0.2) is 5.11 Å². The van der Waals surface area contributed by atoms with Crippen molar-refractivity contribution in [1.82, 2.24) is 0 Å². The summed E-state index contributed by atoms with van der Waals surface area (Å²) in [5.74, 6) is 0. The molecule has 0 aromatic carbocycles. The van der Waals surface area contributed by atoms with Crippen LogP contribution in [0, 0.1) is 5.13 Å². The minimum Gasteiger partial charge on any atom is -0.388 e. The molecule has 0 fully saturated rings. The monoisotopic (exact) mass is 146 g/mol. The molecule has 0 unspecified atom stereocenters. The molecule has 0 aliphatic carbocycles. The smallest absolute Gasteiger partial charge is 0.176 e. The Morgan fingerprint density at radius 1 is 1.67 bits per heavy atom. The van der Waals surface area contributed by atoms with Crippen LogP contribution in [0.4, 0.5) is 4.39 Å². The van der Waals surface area contributed by atoms with Crippen molar-refractivity contribution in [3.63, 3.8) is 0 Å². The predicted molar refractivity (Wildman–Crippen MR) is 34.9 cm³/mol. The molecule has 0 spiro atoms. The van der Waals surface area contributed by atoms with Crippen LogP contribution in [0.5, 0.6) is 0 Å². The number of rotatable bonds is 1. The lowest BCUT2D eigenvalue weighted by Crippen LogP contribution is -1.83. The van der Waals surface area contributed by atoms with Crippen LogP contribution in [0.1, 0.15) is 17.9 Å². The average Bonchev–Trinajstić information content (AvgIpc) is 2.14. The van der Waals surface area contributed by atoms with E-state index >= 15 is 0 Å². The van der Waals surface area contributed by atoms with Crippen molar-refractivity contribution in [2.24, 2.45) is 0 Å². The number of thiophene rings is 1. The number of hydrogen-bond donors (Lipinski definition) is 1. The Morgan fingerprint density at radius 3 is 2.56 bits per heavy atom. The summed E-state index contributed by atoms with van der Waals surface area (Å²) in [6, 6.07) is 2.94. The van der Waals surface area contributed by atoms with Gasteiger partial charge in [0.1, 0.15) is 0 Å². The number of hydrogen-bond acceptors (Lipinski definition) is 2. The zero-order valence-electron chi connectivity index (χ0n) is 4.97. The van der Waals surface area contributed by atoms with Gasteiger partial charge in [0.15, 0.2) is 5.13 Å². The number of aliphatic hydroxyl groups excluding tert-OH is 1. The Bertz CT molecular complexity index is 195. The second kappa shape index (κ2) is 2.45. The molecule has 3 heteroatoms. The first-order chi connectivity index (χ1) is 4.20. The van der Waals surface area contributed by atoms with Gasteiger partial charge in [-0.3, -0.25) is 0 Å². The third-order valence-corrected chi connectivity index (χ3v) is 2.05. The molecule has 1 aromatic rings. The van der Waals surface area contributed by atoms with Crippen molar-refractivity contribution in [3.05, 3.63) is 22.1 Å². The van der Waals surface area contributed by atoms with Crippen molar-refractivity contribution in [1.29, 1.82) is 0 Å². The summed E-state index contributed by atoms with van der Waals surface area (Å²) in [4.78, 5) is 0.674. The van der Waals surface area contributed by atoms with Crippen molar-refractivity contribution >= 4 is 11.3 Å². The molecule has 1 rings (SSSR count). The molecule has 0 bridgehead atoms. The standard InChI is InChI=1S/C6H7FOS/c1-4(8)5-2-3-6(7)9-5/h2-4,8H,1H3/t4-/m1/s1. The molecule has 0 radical (unpaired) electrons. The molecule has 9 heavy (non-hydrogen) atoms. The fourth-order valence-corrected chi connectivity index (χ4v) is 1.22. The zero-order chi connectivity index (χ0) is 6.85. The molecule has 0 saturated carbocycles. The Balaban J connectivity index is 2.85. The first-order valence-corrected chi connectivity index (χ1v) is 3.45. The van der Waals surface area contributed by atoms with E-state index in [1.165, 1.54) is 6.07 Å². The Labute approximate surface area is 56.8 Å². The van der Waals surface area contributed by atoms with E-state index < -0.39 is 6.10 Å². The fourth-order valence-electron chi connectivity index (χ4n) is 0.553. The zero-order valence-corrected chi connectivity index (χ0v) is 5.78. The van der Waals surface area contributed by atoms with Crippen LogP contribution in [0.15, 0.2) is 12.1 Å². The lowest BCUT2D eigenvalue weighted by Gasteiger charge is -1.95. The van der Waals surface area contributed by atoms with E-state index in [1.54, 1.807) is 13.0 Å². The van der Waals surface area contributed by atoms with E-state index in [4.69, 9.17) is 5.11 Å². The quantitative estimate of drug-likeness (QED) is 0.642. The van der Waals surface area contributed by atoms with Gasteiger partial charge in [0, 0.05) is 4.88 Å². The summed E-state index contributed by atoms with van der Waals surface area (Å²) in [5.41, 5.74) is 0. The van der Waals surface area contributed by atoms with Crippen LogP contribution >= 0.6 is 11.3 Å². The van der Waals surface area contributed by atoms with Gasteiger partial charge in [-0.15, -0.1) is 11.3 Å². The van der Waals surface area contributed by atoms with Crippen LogP contribution in [-0.2, 0) is 0 Å². The van der Waals surface area contributed by atoms with Crippen LogP contribution in [0.25, 0.3) is 0 Å². The summed E-state index contributed by atoms with van der Waals surface area (Å²) >= 11 is 0.979. The van der Waals surface area contributed by atoms with Gasteiger partial charge in [0.05, 0.1) is 6.10 Å². The summed E-state index contributed by atoms with van der Waals surface area (Å²) in [6.45, 7) is 1.62. The van der Waals surface area contributed by atoms with Gasteiger partial charge in [-0.25, -0.2) is 0 Å². The first kappa shape index (κ1) is 6.71. The highest BCUT2D eigenvalue weighted by molar-refractivity contribution is 7.10. The lowest BCUT2D eigenvalue weighted by atomic mass is 10.3. The van der Waals surface area contributed by atoms with Crippen molar-refractivity contribution < 1.29 is 9.50 Å². The van der Waals surface area contributed by atoms with Gasteiger partial charge in [-0.1, -0.05) is 0 Å². The molecule has 0 aliphatic rings. The van der Waals surface area contributed by atoms with Gasteiger partial charge in [-0.2, -0.15) is 4.39 Å². The van der Waals surface area contributed by atoms with Gasteiger partial charge in [0.25, 0.3) is 0 Å². The molecule has 1 atom stereocenters. The molecule has 0 saturated heterocycles. The van der Waals surface area contributed by atoms with Crippen LogP contribution < -0.4 is 0 Å². The largest absolute Gasteiger partial charge is 0.388 e. The van der Waals surface area contributed by atoms with Gasteiger partial charge >= 0.3 is 0 Å². The fraction of sp³-hybridized carbons (Fsp3) is 0.333. The molecule has 50 valence electrons. The normalized spacial score (nSPS) is 13.7. The Morgan fingerprint density at radius 2 is 2.33 bits per heavy atom. The third-order valence-electron chi connectivity index (χ3n) is 1.01. The SMILES string of the molecule is C[C@@H](O)c1ccc(F)s1. The average molecular weight is 146 g/mol. The first-order valence-electron chi connectivity index (χ1n) is 2.63. The molecular formula is C6H7FOS. The second-order valence-electron chi connectivity index (χ2n) is 1.82.